The molecule has 56 heavy (non-hydrogen) atoms. The van der Waals surface area contributed by atoms with Gasteiger partial charge in [0.15, 0.2) is 0 Å². The van der Waals surface area contributed by atoms with Crippen LogP contribution in [0, 0.1) is 30.3 Å². The minimum Gasteiger partial charge on any atom is -0.508 e. The van der Waals surface area contributed by atoms with Crippen LogP contribution in [0.15, 0.2) is 110 Å². The van der Waals surface area contributed by atoms with E-state index >= 15 is 0 Å². The highest BCUT2D eigenvalue weighted by Crippen LogP contribution is 2.24. The van der Waals surface area contributed by atoms with Gasteiger partial charge in [-0.25, -0.2) is 29.9 Å². The fourth-order valence-electron chi connectivity index (χ4n) is 3.18. The SMILES string of the molecule is CC(N)=O.Clc1cc(Cl)ncn1.Nc1cc(Oc2ccc([N+](=O)[O-])cc2)ncn1.O=[N+]([O-])c1ccc(O)cc1.O=[N+]([O-])c1ccc(Oc2cc(Cl)ncn2)cc1. The number of halogens is 3. The van der Waals surface area contributed by atoms with E-state index in [-0.39, 0.29) is 51.4 Å². The summed E-state index contributed by atoms with van der Waals surface area (Å²) in [6.07, 6.45) is 3.85. The number of anilines is 1. The van der Waals surface area contributed by atoms with Crippen LogP contribution in [0.5, 0.6) is 29.0 Å². The van der Waals surface area contributed by atoms with Crippen LogP contribution in [0.2, 0.25) is 15.5 Å². The molecule has 0 unspecified atom stereocenters. The second-order valence-corrected chi connectivity index (χ2v) is 10.9. The number of hydrogen-bond donors (Lipinski definition) is 3. The summed E-state index contributed by atoms with van der Waals surface area (Å²) in [5.74, 6) is 1.42. The molecule has 21 nitrogen and oxygen atoms in total. The zero-order chi connectivity index (χ0) is 41.6. The predicted molar refractivity (Wildman–Crippen MR) is 202 cm³/mol. The van der Waals surface area contributed by atoms with Gasteiger partial charge < -0.3 is 26.0 Å². The average Bonchev–Trinajstić information content (AvgIpc) is 3.13. The molecule has 0 saturated carbocycles. The van der Waals surface area contributed by atoms with E-state index in [4.69, 9.17) is 55.1 Å². The van der Waals surface area contributed by atoms with Crippen molar-refractivity contribution in [2.45, 2.75) is 6.92 Å². The first-order chi connectivity index (χ1) is 26.5. The van der Waals surface area contributed by atoms with Crippen molar-refractivity contribution in [3.05, 3.63) is 156 Å². The number of primary amides is 1. The normalized spacial score (nSPS) is 9.43. The van der Waals surface area contributed by atoms with Crippen LogP contribution in [-0.4, -0.2) is 55.7 Å². The Morgan fingerprint density at radius 3 is 1.23 bits per heavy atom. The van der Waals surface area contributed by atoms with Crippen LogP contribution in [0.25, 0.3) is 0 Å². The summed E-state index contributed by atoms with van der Waals surface area (Å²) in [7, 11) is 0. The first-order valence-electron chi connectivity index (χ1n) is 14.7. The standard InChI is InChI=1S/C10H6ClN3O3.C10H8N4O3.C6H5NO3.C4H2Cl2N2.C2H5NO/c2*11-9-5-10(13-6-12-9)17-8-3-1-7(2-4-8)14(15)16;8-6-3-1-5(2-4-6)7(9)10;5-3-1-4(6)8-2-7-3;1-2(3)4/h1-6H;1-6H,(H2,11,12,13);1-4,8H;1-2H;1H3,(H2,3,4). The second kappa shape index (κ2) is 23.3. The van der Waals surface area contributed by atoms with Crippen molar-refractivity contribution in [3.8, 4) is 29.0 Å². The van der Waals surface area contributed by atoms with Gasteiger partial charge in [0.05, 0.1) is 14.8 Å². The van der Waals surface area contributed by atoms with Crippen molar-refractivity contribution < 1.29 is 34.1 Å². The molecular weight excluding hydrogens is 805 g/mol. The van der Waals surface area contributed by atoms with E-state index < -0.39 is 14.8 Å². The zero-order valence-corrected chi connectivity index (χ0v) is 30.6. The smallest absolute Gasteiger partial charge is 0.269 e. The number of amides is 1. The molecule has 3 aromatic heterocycles. The molecule has 0 radical (unpaired) electrons. The van der Waals surface area contributed by atoms with Crippen molar-refractivity contribution in [2.75, 3.05) is 5.73 Å². The summed E-state index contributed by atoms with van der Waals surface area (Å²) in [5, 5.41) is 40.6. The molecule has 0 fully saturated rings. The lowest BCUT2D eigenvalue weighted by Crippen LogP contribution is -2.01. The van der Waals surface area contributed by atoms with Gasteiger partial charge in [-0.05, 0) is 36.4 Å². The molecule has 0 aliphatic heterocycles. The van der Waals surface area contributed by atoms with Gasteiger partial charge in [-0.3, -0.25) is 35.1 Å². The summed E-state index contributed by atoms with van der Waals surface area (Å²) in [6.45, 7) is 1.31. The van der Waals surface area contributed by atoms with Gasteiger partial charge in [0.25, 0.3) is 17.1 Å². The van der Waals surface area contributed by atoms with E-state index in [1.807, 2.05) is 0 Å². The maximum atomic E-state index is 10.4. The monoisotopic (exact) mass is 829 g/mol. The number of benzene rings is 3. The maximum absolute atomic E-state index is 10.4. The number of hydrogen-bond acceptors (Lipinski definition) is 17. The number of carbonyl (C=O) groups is 1. The highest BCUT2D eigenvalue weighted by molar-refractivity contribution is 6.33. The topological polar surface area (TPSA) is 315 Å². The van der Waals surface area contributed by atoms with E-state index in [2.05, 4.69) is 35.6 Å². The van der Waals surface area contributed by atoms with Crippen LogP contribution in [-0.2, 0) is 4.79 Å². The van der Waals surface area contributed by atoms with Crippen molar-refractivity contribution in [3.63, 3.8) is 0 Å². The van der Waals surface area contributed by atoms with Crippen LogP contribution in [0.3, 0.4) is 0 Å². The number of nitrogens with zero attached hydrogens (tertiary/aromatic N) is 9. The van der Waals surface area contributed by atoms with Crippen molar-refractivity contribution in [1.82, 2.24) is 29.9 Å². The minimum absolute atomic E-state index is 0.000415. The third kappa shape index (κ3) is 18.4. The number of aromatic hydroxyl groups is 1. The summed E-state index contributed by atoms with van der Waals surface area (Å²) < 4.78 is 10.7. The van der Waals surface area contributed by atoms with Crippen LogP contribution in [0.1, 0.15) is 6.92 Å². The quantitative estimate of drug-likeness (QED) is 0.0815. The predicted octanol–water partition coefficient (Wildman–Crippen LogP) is 7.17. The van der Waals surface area contributed by atoms with Crippen molar-refractivity contribution in [2.24, 2.45) is 5.73 Å². The first-order valence-corrected chi connectivity index (χ1v) is 15.9. The van der Waals surface area contributed by atoms with Gasteiger partial charge >= 0.3 is 0 Å². The van der Waals surface area contributed by atoms with Gasteiger partial charge in [0.2, 0.25) is 17.7 Å². The molecule has 0 aliphatic carbocycles. The van der Waals surface area contributed by atoms with E-state index in [0.29, 0.717) is 21.8 Å². The molecule has 0 saturated heterocycles. The lowest BCUT2D eigenvalue weighted by molar-refractivity contribution is -0.385. The lowest BCUT2D eigenvalue weighted by Gasteiger charge is -2.03. The molecule has 24 heteroatoms. The Bertz CT molecular complexity index is 2080. The molecular formula is C32H26Cl3N11O10. The average molecular weight is 831 g/mol. The van der Waals surface area contributed by atoms with E-state index in [1.165, 1.54) is 117 Å². The van der Waals surface area contributed by atoms with Gasteiger partial charge in [0.1, 0.15) is 57.5 Å². The van der Waals surface area contributed by atoms with Gasteiger partial charge in [-0.2, -0.15) is 0 Å². The number of aromatic nitrogens is 6. The fraction of sp³-hybridized carbons (Fsp3) is 0.0312. The van der Waals surface area contributed by atoms with E-state index in [9.17, 15) is 35.1 Å². The Balaban J connectivity index is 0.000000259. The second-order valence-electron chi connectivity index (χ2n) is 9.71. The number of nitro benzene ring substituents is 3. The number of nitrogen functional groups attached to an aromatic ring is 1. The first kappa shape index (κ1) is 44.8. The Hall–Kier alpha value is -7.36. The molecule has 0 aliphatic rings. The lowest BCUT2D eigenvalue weighted by atomic mass is 10.3. The number of ether oxygens (including phenoxy) is 2. The zero-order valence-electron chi connectivity index (χ0n) is 28.3. The number of phenols is 1. The Morgan fingerprint density at radius 2 is 0.911 bits per heavy atom. The van der Waals surface area contributed by atoms with Crippen LogP contribution < -0.4 is 20.9 Å². The molecule has 0 bridgehead atoms. The maximum Gasteiger partial charge on any atom is 0.269 e. The molecule has 1 amide bonds. The highest BCUT2D eigenvalue weighted by atomic mass is 35.5. The third-order valence-corrected chi connectivity index (χ3v) is 6.09. The minimum atomic E-state index is -0.514. The summed E-state index contributed by atoms with van der Waals surface area (Å²) in [6, 6.07) is 20.7. The number of nitrogens with two attached hydrogens (primary N) is 2. The molecule has 0 atom stereocenters. The molecule has 3 aromatic carbocycles. The number of non-ortho nitro benzene ring substituents is 3. The molecule has 290 valence electrons. The molecule has 5 N–H and O–H groups in total. The van der Waals surface area contributed by atoms with Crippen LogP contribution in [0.4, 0.5) is 22.9 Å². The summed E-state index contributed by atoms with van der Waals surface area (Å²) in [5.41, 5.74) is 9.91. The third-order valence-electron chi connectivity index (χ3n) is 5.47. The largest absolute Gasteiger partial charge is 0.508 e. The van der Waals surface area contributed by atoms with Crippen LogP contribution >= 0.6 is 34.8 Å². The molecule has 6 rings (SSSR count). The molecule has 6 aromatic rings. The molecule has 3 heterocycles. The van der Waals surface area contributed by atoms with Crippen molar-refractivity contribution >= 4 is 63.6 Å². The highest BCUT2D eigenvalue weighted by Gasteiger charge is 2.07. The number of rotatable bonds is 7. The van der Waals surface area contributed by atoms with Gasteiger partial charge in [-0.1, -0.05) is 34.8 Å². The van der Waals surface area contributed by atoms with E-state index in [1.54, 1.807) is 0 Å². The van der Waals surface area contributed by atoms with E-state index in [0.717, 1.165) is 0 Å². The Kier molecular flexibility index (Phi) is 18.7. The number of nitro groups is 3. The Morgan fingerprint density at radius 1 is 0.589 bits per heavy atom. The Labute approximate surface area is 330 Å². The summed E-state index contributed by atoms with van der Waals surface area (Å²) >= 11 is 16.5. The van der Waals surface area contributed by atoms with Crippen molar-refractivity contribution in [1.29, 1.82) is 0 Å². The van der Waals surface area contributed by atoms with Gasteiger partial charge in [-0.15, -0.1) is 0 Å². The molecule has 0 spiro atoms. The number of carbonyl (C=O) groups excluding carboxylic acids is 1. The summed E-state index contributed by atoms with van der Waals surface area (Å²) in [4.78, 5) is 61.0. The fourth-order valence-corrected chi connectivity index (χ4v) is 3.67. The number of phenolic OH excluding ortho intramolecular Hbond substituents is 1. The van der Waals surface area contributed by atoms with Gasteiger partial charge in [0, 0.05) is 61.5 Å².